The molecule has 0 aromatic heterocycles. The third-order valence-corrected chi connectivity index (χ3v) is 6.17. The summed E-state index contributed by atoms with van der Waals surface area (Å²) in [6.45, 7) is 2.25. The molecule has 27 heavy (non-hydrogen) atoms. The molecule has 0 N–H and O–H groups in total. The molecule has 1 aromatic rings. The van der Waals surface area contributed by atoms with Gasteiger partial charge in [-0.2, -0.15) is 4.31 Å². The Bertz CT molecular complexity index is 803. The molecular weight excluding hydrogens is 372 g/mol. The van der Waals surface area contributed by atoms with Crippen molar-refractivity contribution in [1.82, 2.24) is 14.1 Å². The van der Waals surface area contributed by atoms with Crippen molar-refractivity contribution in [3.63, 3.8) is 0 Å². The lowest BCUT2D eigenvalue weighted by Gasteiger charge is -2.34. The van der Waals surface area contributed by atoms with Crippen molar-refractivity contribution in [2.45, 2.75) is 0 Å². The lowest BCUT2D eigenvalue weighted by atomic mass is 10.3. The van der Waals surface area contributed by atoms with Gasteiger partial charge in [0, 0.05) is 45.0 Å². The Morgan fingerprint density at radius 3 is 2.22 bits per heavy atom. The van der Waals surface area contributed by atoms with Gasteiger partial charge in [0.1, 0.15) is 12.3 Å². The maximum Gasteiger partial charge on any atom is 0.325 e. The zero-order valence-corrected chi connectivity index (χ0v) is 16.3. The van der Waals surface area contributed by atoms with Crippen molar-refractivity contribution in [2.24, 2.45) is 0 Å². The van der Waals surface area contributed by atoms with E-state index in [-0.39, 0.29) is 31.6 Å². The van der Waals surface area contributed by atoms with Crippen molar-refractivity contribution in [1.29, 1.82) is 0 Å². The molecule has 148 valence electrons. The number of piperazine rings is 1. The molecule has 9 nitrogen and oxygen atoms in total. The van der Waals surface area contributed by atoms with E-state index in [1.807, 2.05) is 12.1 Å². The van der Waals surface area contributed by atoms with Gasteiger partial charge < -0.3 is 14.5 Å². The third-order valence-electron chi connectivity index (χ3n) is 4.87. The summed E-state index contributed by atoms with van der Waals surface area (Å²) in [7, 11) is -1.65. The van der Waals surface area contributed by atoms with Crippen molar-refractivity contribution in [2.75, 3.05) is 64.1 Å². The molecule has 1 aromatic carbocycles. The van der Waals surface area contributed by atoms with Gasteiger partial charge in [-0.25, -0.2) is 13.2 Å². The Morgan fingerprint density at radius 2 is 1.67 bits per heavy atom. The molecular formula is C17H24N4O5S. The predicted molar refractivity (Wildman–Crippen MR) is 100 cm³/mol. The fraction of sp³-hybridized carbons (Fsp3) is 0.529. The number of benzene rings is 1. The molecule has 0 radical (unpaired) electrons. The van der Waals surface area contributed by atoms with E-state index in [9.17, 15) is 18.0 Å². The topological polar surface area (TPSA) is 90.5 Å². The summed E-state index contributed by atoms with van der Waals surface area (Å²) in [4.78, 5) is 29.9. The summed E-state index contributed by atoms with van der Waals surface area (Å²) in [6.07, 6.45) is 1.17. The van der Waals surface area contributed by atoms with Crippen molar-refractivity contribution >= 4 is 27.6 Å². The normalized spacial score (nSPS) is 18.9. The van der Waals surface area contributed by atoms with E-state index in [1.165, 1.54) is 15.5 Å². The van der Waals surface area contributed by atoms with Gasteiger partial charge in [0.05, 0.1) is 13.4 Å². The largest absolute Gasteiger partial charge is 0.497 e. The molecule has 0 unspecified atom stereocenters. The van der Waals surface area contributed by atoms with Gasteiger partial charge in [-0.15, -0.1) is 0 Å². The molecule has 0 spiro atoms. The second-order valence-corrected chi connectivity index (χ2v) is 8.58. The molecule has 2 saturated heterocycles. The zero-order valence-electron chi connectivity index (χ0n) is 15.5. The van der Waals surface area contributed by atoms with Crippen LogP contribution in [0, 0.1) is 0 Å². The van der Waals surface area contributed by atoms with Crippen LogP contribution in [-0.2, 0) is 14.8 Å². The molecule has 2 fully saturated rings. The van der Waals surface area contributed by atoms with Gasteiger partial charge in [-0.3, -0.25) is 9.69 Å². The summed E-state index contributed by atoms with van der Waals surface area (Å²) >= 11 is 0. The number of carbonyl (C=O) groups is 2. The number of amides is 3. The molecule has 2 aliphatic rings. The van der Waals surface area contributed by atoms with E-state index in [4.69, 9.17) is 4.74 Å². The number of nitrogens with zero attached hydrogens (tertiary/aromatic N) is 4. The average Bonchev–Trinajstić information content (AvgIpc) is 3.01. The minimum Gasteiger partial charge on any atom is -0.497 e. The molecule has 3 amide bonds. The van der Waals surface area contributed by atoms with Gasteiger partial charge in [-0.1, -0.05) is 0 Å². The Kier molecular flexibility index (Phi) is 5.56. The zero-order chi connectivity index (χ0) is 19.6. The van der Waals surface area contributed by atoms with E-state index in [2.05, 4.69) is 0 Å². The van der Waals surface area contributed by atoms with Gasteiger partial charge in [-0.05, 0) is 24.3 Å². The number of ether oxygens (including phenoxy) is 1. The SMILES string of the molecule is COc1ccc(N2CCN(CC(=O)N3CCN(S(C)(=O)=O)CC3)C2=O)cc1. The van der Waals surface area contributed by atoms with Gasteiger partial charge in [0.2, 0.25) is 15.9 Å². The highest BCUT2D eigenvalue weighted by atomic mass is 32.2. The predicted octanol–water partition coefficient (Wildman–Crippen LogP) is 0.0410. The first-order valence-electron chi connectivity index (χ1n) is 8.73. The lowest BCUT2D eigenvalue weighted by molar-refractivity contribution is -0.132. The van der Waals surface area contributed by atoms with E-state index in [0.717, 1.165) is 5.69 Å². The molecule has 2 aliphatic heterocycles. The molecule has 0 saturated carbocycles. The minimum atomic E-state index is -3.23. The van der Waals surface area contributed by atoms with Crippen LogP contribution in [-0.4, -0.2) is 93.6 Å². The standard InChI is InChI=1S/C17H24N4O5S/c1-26-15-5-3-14(4-6-15)21-12-9-19(17(21)23)13-16(22)18-7-10-20(11-8-18)27(2,24)25/h3-6H,7-13H2,1-2H3. The summed E-state index contributed by atoms with van der Waals surface area (Å²) in [5, 5.41) is 0. The second kappa shape index (κ2) is 7.73. The number of hydrogen-bond acceptors (Lipinski definition) is 5. The molecule has 0 bridgehead atoms. The maximum atomic E-state index is 12.6. The molecule has 0 aliphatic carbocycles. The smallest absolute Gasteiger partial charge is 0.325 e. The Balaban J connectivity index is 1.55. The van der Waals surface area contributed by atoms with Crippen LogP contribution in [0.1, 0.15) is 0 Å². The summed E-state index contributed by atoms with van der Waals surface area (Å²) in [5.41, 5.74) is 0.762. The van der Waals surface area contributed by atoms with Crippen LogP contribution >= 0.6 is 0 Å². The first-order valence-corrected chi connectivity index (χ1v) is 10.6. The second-order valence-electron chi connectivity index (χ2n) is 6.60. The summed E-state index contributed by atoms with van der Waals surface area (Å²) in [6, 6.07) is 7.00. The van der Waals surface area contributed by atoms with E-state index in [1.54, 1.807) is 29.0 Å². The third kappa shape index (κ3) is 4.33. The van der Waals surface area contributed by atoms with Crippen LogP contribution in [0.5, 0.6) is 5.75 Å². The van der Waals surface area contributed by atoms with Crippen LogP contribution < -0.4 is 9.64 Å². The number of urea groups is 1. The highest BCUT2D eigenvalue weighted by Crippen LogP contribution is 2.23. The van der Waals surface area contributed by atoms with Crippen molar-refractivity contribution in [3.05, 3.63) is 24.3 Å². The van der Waals surface area contributed by atoms with Crippen LogP contribution in [0.3, 0.4) is 0 Å². The summed E-state index contributed by atoms with van der Waals surface area (Å²) < 4.78 is 29.6. The molecule has 3 rings (SSSR count). The minimum absolute atomic E-state index is 0.00433. The number of rotatable bonds is 5. The summed E-state index contributed by atoms with van der Waals surface area (Å²) in [5.74, 6) is 0.554. The Hall–Kier alpha value is -2.33. The highest BCUT2D eigenvalue weighted by molar-refractivity contribution is 7.88. The fourth-order valence-electron chi connectivity index (χ4n) is 3.26. The molecule has 2 heterocycles. The van der Waals surface area contributed by atoms with Crippen molar-refractivity contribution in [3.8, 4) is 5.75 Å². The quantitative estimate of drug-likeness (QED) is 0.701. The Morgan fingerprint density at radius 1 is 1.04 bits per heavy atom. The van der Waals surface area contributed by atoms with E-state index < -0.39 is 10.0 Å². The van der Waals surface area contributed by atoms with Gasteiger partial charge in [0.15, 0.2) is 0 Å². The number of hydrogen-bond donors (Lipinski definition) is 0. The first-order chi connectivity index (χ1) is 12.8. The van der Waals surface area contributed by atoms with Gasteiger partial charge >= 0.3 is 6.03 Å². The highest BCUT2D eigenvalue weighted by Gasteiger charge is 2.33. The maximum absolute atomic E-state index is 12.6. The van der Waals surface area contributed by atoms with E-state index in [0.29, 0.717) is 31.9 Å². The number of sulfonamides is 1. The van der Waals surface area contributed by atoms with Gasteiger partial charge in [0.25, 0.3) is 0 Å². The van der Waals surface area contributed by atoms with Crippen LogP contribution in [0.15, 0.2) is 24.3 Å². The van der Waals surface area contributed by atoms with Crippen LogP contribution in [0.4, 0.5) is 10.5 Å². The molecule has 10 heteroatoms. The fourth-order valence-corrected chi connectivity index (χ4v) is 4.09. The van der Waals surface area contributed by atoms with Crippen LogP contribution in [0.25, 0.3) is 0 Å². The first kappa shape index (κ1) is 19.4. The number of methoxy groups -OCH3 is 1. The van der Waals surface area contributed by atoms with Crippen LogP contribution in [0.2, 0.25) is 0 Å². The monoisotopic (exact) mass is 396 g/mol. The number of carbonyl (C=O) groups excluding carboxylic acids is 2. The van der Waals surface area contributed by atoms with E-state index >= 15 is 0 Å². The lowest BCUT2D eigenvalue weighted by Crippen LogP contribution is -2.52. The number of anilines is 1. The Labute approximate surface area is 159 Å². The molecule has 0 atom stereocenters. The average molecular weight is 396 g/mol. The van der Waals surface area contributed by atoms with Crippen molar-refractivity contribution < 1.29 is 22.7 Å².